The second-order valence-corrected chi connectivity index (χ2v) is 3.77. The molecule has 0 atom stereocenters. The molecule has 1 aromatic rings. The number of nitrogens with two attached hydrogens (primary N) is 1. The molecule has 0 aromatic heterocycles. The zero-order valence-corrected chi connectivity index (χ0v) is 9.94. The second-order valence-electron chi connectivity index (χ2n) is 3.77. The summed E-state index contributed by atoms with van der Waals surface area (Å²) in [6, 6.07) is 3.93. The minimum atomic E-state index is 0.515. The molecule has 0 saturated carbocycles. The Kier molecular flexibility index (Phi) is 4.01. The smallest absolute Gasteiger partial charge is 0.161 e. The van der Waals surface area contributed by atoms with Crippen LogP contribution in [-0.2, 0) is 11.3 Å². The van der Waals surface area contributed by atoms with Crippen LogP contribution < -0.4 is 15.2 Å². The van der Waals surface area contributed by atoms with Crippen LogP contribution >= 0.6 is 0 Å². The number of methoxy groups -OCH3 is 1. The number of rotatable bonds is 4. The van der Waals surface area contributed by atoms with Crippen molar-refractivity contribution in [1.29, 1.82) is 0 Å². The Morgan fingerprint density at radius 1 is 1.29 bits per heavy atom. The van der Waals surface area contributed by atoms with E-state index in [1.54, 1.807) is 7.11 Å². The van der Waals surface area contributed by atoms with Crippen molar-refractivity contribution in [3.63, 3.8) is 0 Å². The zero-order chi connectivity index (χ0) is 12.1. The van der Waals surface area contributed by atoms with E-state index < -0.39 is 0 Å². The van der Waals surface area contributed by atoms with Crippen molar-refractivity contribution < 1.29 is 14.2 Å². The normalized spacial score (nSPS) is 14.2. The third-order valence-electron chi connectivity index (χ3n) is 2.54. The SMILES string of the molecule is COCc1cc2c(cc1/C=C/CN)OCCO2. The molecule has 2 N–H and O–H groups in total. The van der Waals surface area contributed by atoms with Crippen LogP contribution in [0.25, 0.3) is 6.08 Å². The fourth-order valence-corrected chi connectivity index (χ4v) is 1.78. The van der Waals surface area contributed by atoms with Crippen molar-refractivity contribution in [2.75, 3.05) is 26.9 Å². The summed E-state index contributed by atoms with van der Waals surface area (Å²) in [6.07, 6.45) is 3.89. The Bertz CT molecular complexity index is 415. The molecule has 0 bridgehead atoms. The molecule has 0 fully saturated rings. The van der Waals surface area contributed by atoms with E-state index in [4.69, 9.17) is 19.9 Å². The molecule has 17 heavy (non-hydrogen) atoms. The van der Waals surface area contributed by atoms with Crippen LogP contribution in [0.4, 0.5) is 0 Å². The maximum Gasteiger partial charge on any atom is 0.161 e. The van der Waals surface area contributed by atoms with Gasteiger partial charge in [0, 0.05) is 13.7 Å². The van der Waals surface area contributed by atoms with Crippen LogP contribution in [0.1, 0.15) is 11.1 Å². The van der Waals surface area contributed by atoms with Gasteiger partial charge in [0.2, 0.25) is 0 Å². The summed E-state index contributed by atoms with van der Waals surface area (Å²) >= 11 is 0. The third-order valence-corrected chi connectivity index (χ3v) is 2.54. The number of benzene rings is 1. The van der Waals surface area contributed by atoms with Gasteiger partial charge in [-0.05, 0) is 23.3 Å². The van der Waals surface area contributed by atoms with Gasteiger partial charge in [-0.2, -0.15) is 0 Å². The topological polar surface area (TPSA) is 53.7 Å². The molecule has 0 saturated heterocycles. The van der Waals surface area contributed by atoms with E-state index in [0.29, 0.717) is 26.4 Å². The summed E-state index contributed by atoms with van der Waals surface area (Å²) in [5.41, 5.74) is 7.59. The standard InChI is InChI=1S/C13H17NO3/c1-15-9-11-8-13-12(16-5-6-17-13)7-10(11)3-2-4-14/h2-3,7-8H,4-6,9,14H2,1H3/b3-2+. The van der Waals surface area contributed by atoms with Gasteiger partial charge in [0.15, 0.2) is 11.5 Å². The van der Waals surface area contributed by atoms with E-state index in [2.05, 4.69) is 0 Å². The minimum absolute atomic E-state index is 0.515. The maximum atomic E-state index is 5.55. The lowest BCUT2D eigenvalue weighted by atomic mass is 10.1. The summed E-state index contributed by atoms with van der Waals surface area (Å²) in [5, 5.41) is 0. The predicted octanol–water partition coefficient (Wildman–Crippen LogP) is 1.58. The van der Waals surface area contributed by atoms with Crippen LogP contribution in [0.2, 0.25) is 0 Å². The molecule has 0 unspecified atom stereocenters. The molecule has 1 heterocycles. The Morgan fingerprint density at radius 3 is 2.65 bits per heavy atom. The monoisotopic (exact) mass is 235 g/mol. The van der Waals surface area contributed by atoms with Gasteiger partial charge in [-0.15, -0.1) is 0 Å². The van der Waals surface area contributed by atoms with Crippen molar-refractivity contribution in [1.82, 2.24) is 0 Å². The average molecular weight is 235 g/mol. The number of hydrogen-bond donors (Lipinski definition) is 1. The summed E-state index contributed by atoms with van der Waals surface area (Å²) < 4.78 is 16.3. The molecular formula is C13H17NO3. The number of ether oxygens (including phenoxy) is 3. The Hall–Kier alpha value is -1.52. The fraction of sp³-hybridized carbons (Fsp3) is 0.385. The quantitative estimate of drug-likeness (QED) is 0.860. The van der Waals surface area contributed by atoms with Crippen LogP contribution in [0.5, 0.6) is 11.5 Å². The van der Waals surface area contributed by atoms with Crippen LogP contribution in [0, 0.1) is 0 Å². The predicted molar refractivity (Wildman–Crippen MR) is 66.2 cm³/mol. The highest BCUT2D eigenvalue weighted by molar-refractivity contribution is 5.60. The van der Waals surface area contributed by atoms with Crippen molar-refractivity contribution in [3.05, 3.63) is 29.3 Å². The molecule has 0 amide bonds. The van der Waals surface area contributed by atoms with Gasteiger partial charge in [0.1, 0.15) is 13.2 Å². The summed E-state index contributed by atoms with van der Waals surface area (Å²) in [4.78, 5) is 0. The highest BCUT2D eigenvalue weighted by Gasteiger charge is 2.14. The fourth-order valence-electron chi connectivity index (χ4n) is 1.78. The van der Waals surface area contributed by atoms with Crippen molar-refractivity contribution in [2.24, 2.45) is 5.73 Å². The molecular weight excluding hydrogens is 218 g/mol. The van der Waals surface area contributed by atoms with Crippen LogP contribution in [-0.4, -0.2) is 26.9 Å². The first kappa shape index (κ1) is 12.0. The highest BCUT2D eigenvalue weighted by Crippen LogP contribution is 2.34. The van der Waals surface area contributed by atoms with Crippen LogP contribution in [0.3, 0.4) is 0 Å². The Balaban J connectivity index is 2.36. The Labute approximate surface area is 101 Å². The molecule has 1 aromatic carbocycles. The molecule has 4 nitrogen and oxygen atoms in total. The van der Waals surface area contributed by atoms with Gasteiger partial charge in [-0.1, -0.05) is 12.2 Å². The lowest BCUT2D eigenvalue weighted by Crippen LogP contribution is -2.15. The van der Waals surface area contributed by atoms with Gasteiger partial charge >= 0.3 is 0 Å². The van der Waals surface area contributed by atoms with Crippen LogP contribution in [0.15, 0.2) is 18.2 Å². The van der Waals surface area contributed by atoms with E-state index >= 15 is 0 Å². The summed E-state index contributed by atoms with van der Waals surface area (Å²) in [5.74, 6) is 1.57. The van der Waals surface area contributed by atoms with Crippen molar-refractivity contribution in [2.45, 2.75) is 6.61 Å². The zero-order valence-electron chi connectivity index (χ0n) is 9.94. The lowest BCUT2D eigenvalue weighted by Gasteiger charge is -2.20. The second kappa shape index (κ2) is 5.70. The van der Waals surface area contributed by atoms with Gasteiger partial charge in [0.25, 0.3) is 0 Å². The average Bonchev–Trinajstić information content (AvgIpc) is 2.36. The molecule has 2 rings (SSSR count). The molecule has 1 aliphatic rings. The van der Waals surface area contributed by atoms with E-state index in [0.717, 1.165) is 22.6 Å². The highest BCUT2D eigenvalue weighted by atomic mass is 16.6. The lowest BCUT2D eigenvalue weighted by molar-refractivity contribution is 0.167. The first-order valence-electron chi connectivity index (χ1n) is 5.63. The molecule has 0 spiro atoms. The molecule has 1 aliphatic heterocycles. The largest absolute Gasteiger partial charge is 0.486 e. The Morgan fingerprint density at radius 2 is 2.00 bits per heavy atom. The molecule has 0 aliphatic carbocycles. The third kappa shape index (κ3) is 2.78. The summed E-state index contributed by atoms with van der Waals surface area (Å²) in [7, 11) is 1.67. The van der Waals surface area contributed by atoms with Gasteiger partial charge in [-0.3, -0.25) is 0 Å². The van der Waals surface area contributed by atoms with E-state index in [1.165, 1.54) is 0 Å². The van der Waals surface area contributed by atoms with Gasteiger partial charge < -0.3 is 19.9 Å². The summed E-state index contributed by atoms with van der Waals surface area (Å²) in [6.45, 7) is 2.25. The van der Waals surface area contributed by atoms with E-state index in [9.17, 15) is 0 Å². The molecule has 0 radical (unpaired) electrons. The first-order valence-corrected chi connectivity index (χ1v) is 5.63. The minimum Gasteiger partial charge on any atom is -0.486 e. The first-order chi connectivity index (χ1) is 8.35. The van der Waals surface area contributed by atoms with E-state index in [-0.39, 0.29) is 0 Å². The van der Waals surface area contributed by atoms with Crippen molar-refractivity contribution >= 4 is 6.08 Å². The maximum absolute atomic E-state index is 5.55. The van der Waals surface area contributed by atoms with Gasteiger partial charge in [0.05, 0.1) is 6.61 Å². The van der Waals surface area contributed by atoms with Gasteiger partial charge in [-0.25, -0.2) is 0 Å². The number of hydrogen-bond acceptors (Lipinski definition) is 4. The molecule has 4 heteroatoms. The van der Waals surface area contributed by atoms with E-state index in [1.807, 2.05) is 24.3 Å². The number of fused-ring (bicyclic) bond motifs is 1. The molecule has 92 valence electrons. The van der Waals surface area contributed by atoms with Crippen molar-refractivity contribution in [3.8, 4) is 11.5 Å².